The fourth-order valence-electron chi connectivity index (χ4n) is 1.97. The van der Waals surface area contributed by atoms with Gasteiger partial charge in [0.2, 0.25) is 0 Å². The molecule has 0 spiro atoms. The molecule has 0 saturated carbocycles. The second-order valence-electron chi connectivity index (χ2n) is 6.22. The van der Waals surface area contributed by atoms with Crippen molar-refractivity contribution in [3.63, 3.8) is 0 Å². The Morgan fingerprint density at radius 1 is 0.800 bits per heavy atom. The van der Waals surface area contributed by atoms with Gasteiger partial charge in [0.25, 0.3) is 9.04 Å². The van der Waals surface area contributed by atoms with E-state index in [2.05, 4.69) is 81.4 Å². The summed E-state index contributed by atoms with van der Waals surface area (Å²) in [5, 5.41) is 2.63. The van der Waals surface area contributed by atoms with Crippen LogP contribution in [0.4, 0.5) is 0 Å². The molecular formula is C18H23OSi. The Morgan fingerprint density at radius 2 is 1.25 bits per heavy atom. The van der Waals surface area contributed by atoms with Crippen LogP contribution in [0.2, 0.25) is 0 Å². The number of benzene rings is 2. The Labute approximate surface area is 124 Å². The molecule has 0 N–H and O–H groups in total. The van der Waals surface area contributed by atoms with Gasteiger partial charge in [0.1, 0.15) is 0 Å². The number of rotatable bonds is 5. The monoisotopic (exact) mass is 283 g/mol. The second kappa shape index (κ2) is 6.87. The van der Waals surface area contributed by atoms with E-state index in [0.717, 1.165) is 13.0 Å². The molecule has 0 saturated heterocycles. The van der Waals surface area contributed by atoms with Crippen molar-refractivity contribution >= 4 is 19.4 Å². The lowest BCUT2D eigenvalue weighted by Gasteiger charge is -2.21. The molecule has 1 nitrogen and oxygen atoms in total. The third-order valence-corrected chi connectivity index (χ3v) is 5.38. The first-order chi connectivity index (χ1) is 9.56. The first-order valence-corrected chi connectivity index (χ1v) is 8.58. The van der Waals surface area contributed by atoms with Gasteiger partial charge in [0.15, 0.2) is 0 Å². The topological polar surface area (TPSA) is 9.23 Å². The molecule has 0 atom stereocenters. The molecule has 105 valence electrons. The lowest BCUT2D eigenvalue weighted by atomic mass is 9.93. The van der Waals surface area contributed by atoms with Crippen molar-refractivity contribution in [2.45, 2.75) is 27.2 Å². The Kier molecular flexibility index (Phi) is 5.15. The quantitative estimate of drug-likeness (QED) is 0.766. The highest BCUT2D eigenvalue weighted by Gasteiger charge is 2.20. The van der Waals surface area contributed by atoms with E-state index in [1.165, 1.54) is 10.4 Å². The van der Waals surface area contributed by atoms with E-state index in [4.69, 9.17) is 4.43 Å². The normalized spacial score (nSPS) is 11.8. The average Bonchev–Trinajstić information content (AvgIpc) is 2.44. The van der Waals surface area contributed by atoms with Crippen molar-refractivity contribution in [1.82, 2.24) is 0 Å². The SMILES string of the molecule is CC(C)(C)CCO[Si](c1ccccc1)c1ccccc1. The summed E-state index contributed by atoms with van der Waals surface area (Å²) in [6.45, 7) is 7.59. The molecule has 2 rings (SSSR count). The zero-order valence-corrected chi connectivity index (χ0v) is 13.6. The fraction of sp³-hybridized carbons (Fsp3) is 0.333. The van der Waals surface area contributed by atoms with E-state index in [1.807, 2.05) is 0 Å². The summed E-state index contributed by atoms with van der Waals surface area (Å²) in [4.78, 5) is 0. The van der Waals surface area contributed by atoms with E-state index in [9.17, 15) is 0 Å². The third kappa shape index (κ3) is 4.62. The number of hydrogen-bond acceptors (Lipinski definition) is 1. The van der Waals surface area contributed by atoms with Gasteiger partial charge in [-0.25, -0.2) is 0 Å². The lowest BCUT2D eigenvalue weighted by Crippen LogP contribution is -2.45. The molecule has 0 aliphatic heterocycles. The molecule has 1 radical (unpaired) electrons. The third-order valence-electron chi connectivity index (χ3n) is 3.17. The van der Waals surface area contributed by atoms with E-state index in [1.54, 1.807) is 0 Å². The van der Waals surface area contributed by atoms with Crippen molar-refractivity contribution < 1.29 is 4.43 Å². The molecule has 0 aromatic heterocycles. The van der Waals surface area contributed by atoms with Crippen molar-refractivity contribution in [2.24, 2.45) is 5.41 Å². The maximum absolute atomic E-state index is 6.29. The van der Waals surface area contributed by atoms with Gasteiger partial charge < -0.3 is 4.43 Å². The second-order valence-corrected chi connectivity index (χ2v) is 8.32. The van der Waals surface area contributed by atoms with Gasteiger partial charge in [-0.2, -0.15) is 0 Å². The molecule has 2 aromatic rings. The highest BCUT2D eigenvalue weighted by molar-refractivity contribution is 6.80. The van der Waals surface area contributed by atoms with Gasteiger partial charge >= 0.3 is 0 Å². The molecule has 0 unspecified atom stereocenters. The highest BCUT2D eigenvalue weighted by atomic mass is 28.3. The molecule has 0 aliphatic carbocycles. The predicted octanol–water partition coefficient (Wildman–Crippen LogP) is 3.25. The van der Waals surface area contributed by atoms with Crippen molar-refractivity contribution in [2.75, 3.05) is 6.61 Å². The van der Waals surface area contributed by atoms with Crippen LogP contribution >= 0.6 is 0 Å². The Bertz CT molecular complexity index is 462. The minimum absolute atomic E-state index is 0.320. The van der Waals surface area contributed by atoms with Crippen LogP contribution in [0.15, 0.2) is 60.7 Å². The molecule has 20 heavy (non-hydrogen) atoms. The first-order valence-electron chi connectivity index (χ1n) is 7.17. The van der Waals surface area contributed by atoms with Crippen LogP contribution in [0.25, 0.3) is 0 Å². The molecule has 0 aliphatic rings. The van der Waals surface area contributed by atoms with Gasteiger partial charge in [-0.15, -0.1) is 0 Å². The van der Waals surface area contributed by atoms with Gasteiger partial charge in [-0.1, -0.05) is 81.4 Å². The summed E-state index contributed by atoms with van der Waals surface area (Å²) < 4.78 is 6.29. The van der Waals surface area contributed by atoms with Crippen LogP contribution < -0.4 is 10.4 Å². The van der Waals surface area contributed by atoms with Gasteiger partial charge in [-0.3, -0.25) is 0 Å². The molecule has 0 fully saturated rings. The van der Waals surface area contributed by atoms with E-state index < -0.39 is 9.04 Å². The summed E-state index contributed by atoms with van der Waals surface area (Å²) in [5.74, 6) is 0. The summed E-state index contributed by atoms with van der Waals surface area (Å²) in [6.07, 6.45) is 1.08. The lowest BCUT2D eigenvalue weighted by molar-refractivity contribution is 0.250. The van der Waals surface area contributed by atoms with Gasteiger partial charge in [0, 0.05) is 6.61 Å². The van der Waals surface area contributed by atoms with E-state index in [-0.39, 0.29) is 0 Å². The van der Waals surface area contributed by atoms with Crippen molar-refractivity contribution in [1.29, 1.82) is 0 Å². The van der Waals surface area contributed by atoms with Crippen LogP contribution in [0, 0.1) is 5.41 Å². The smallest absolute Gasteiger partial charge is 0.282 e. The maximum atomic E-state index is 6.29. The molecular weight excluding hydrogens is 260 g/mol. The minimum Gasteiger partial charge on any atom is -0.407 e. The molecule has 2 heteroatoms. The van der Waals surface area contributed by atoms with Crippen molar-refractivity contribution in [3.8, 4) is 0 Å². The van der Waals surface area contributed by atoms with Gasteiger partial charge in [0.05, 0.1) is 0 Å². The van der Waals surface area contributed by atoms with Crippen LogP contribution in [-0.2, 0) is 4.43 Å². The summed E-state index contributed by atoms with van der Waals surface area (Å²) >= 11 is 0. The first kappa shape index (κ1) is 15.0. The Morgan fingerprint density at radius 3 is 1.65 bits per heavy atom. The average molecular weight is 283 g/mol. The molecule has 0 bridgehead atoms. The number of hydrogen-bond donors (Lipinski definition) is 0. The molecule has 0 heterocycles. The predicted molar refractivity (Wildman–Crippen MR) is 87.9 cm³/mol. The standard InChI is InChI=1S/C18H23OSi/c1-18(2,3)14-15-19-20(16-10-6-4-7-11-16)17-12-8-5-9-13-17/h4-13H,14-15H2,1-3H3. The Balaban J connectivity index is 2.13. The summed E-state index contributed by atoms with van der Waals surface area (Å²) in [6, 6.07) is 21.2. The summed E-state index contributed by atoms with van der Waals surface area (Å²) in [7, 11) is -1.12. The Hall–Kier alpha value is -1.38. The van der Waals surface area contributed by atoms with E-state index in [0.29, 0.717) is 5.41 Å². The highest BCUT2D eigenvalue weighted by Crippen LogP contribution is 2.18. The summed E-state index contributed by atoms with van der Waals surface area (Å²) in [5.41, 5.74) is 0.320. The van der Waals surface area contributed by atoms with Crippen LogP contribution in [0.1, 0.15) is 27.2 Å². The largest absolute Gasteiger partial charge is 0.407 e. The van der Waals surface area contributed by atoms with Crippen molar-refractivity contribution in [3.05, 3.63) is 60.7 Å². The van der Waals surface area contributed by atoms with Crippen LogP contribution in [0.5, 0.6) is 0 Å². The minimum atomic E-state index is -1.12. The molecule has 0 amide bonds. The van der Waals surface area contributed by atoms with Crippen LogP contribution in [0.3, 0.4) is 0 Å². The van der Waals surface area contributed by atoms with Crippen LogP contribution in [-0.4, -0.2) is 15.6 Å². The molecule has 2 aromatic carbocycles. The van der Waals surface area contributed by atoms with E-state index >= 15 is 0 Å². The van der Waals surface area contributed by atoms with Gasteiger partial charge in [-0.05, 0) is 22.2 Å². The fourth-order valence-corrected chi connectivity index (χ4v) is 3.93. The zero-order chi connectivity index (χ0) is 14.4. The maximum Gasteiger partial charge on any atom is 0.282 e. The zero-order valence-electron chi connectivity index (χ0n) is 12.6.